The van der Waals surface area contributed by atoms with Gasteiger partial charge in [-0.2, -0.15) is 0 Å². The van der Waals surface area contributed by atoms with Crippen LogP contribution in [0.15, 0.2) is 91.0 Å². The van der Waals surface area contributed by atoms with Crippen molar-refractivity contribution in [1.82, 2.24) is 0 Å². The Morgan fingerprint density at radius 3 is 0.933 bits per heavy atom. The summed E-state index contributed by atoms with van der Waals surface area (Å²) in [5.41, 5.74) is 0. The van der Waals surface area contributed by atoms with E-state index in [1.54, 1.807) is 91.0 Å². The first-order valence-corrected chi connectivity index (χ1v) is 14.9. The van der Waals surface area contributed by atoms with Gasteiger partial charge in [0, 0.05) is 0 Å². The zero-order chi connectivity index (χ0) is 21.3. The van der Waals surface area contributed by atoms with Gasteiger partial charge in [-0.1, -0.05) is 0 Å². The van der Waals surface area contributed by atoms with Crippen molar-refractivity contribution in [2.45, 2.75) is 0 Å². The number of halogens is 5. The van der Waals surface area contributed by atoms with Gasteiger partial charge in [-0.25, -0.2) is 0 Å². The second-order valence-corrected chi connectivity index (χ2v) is 17.4. The van der Waals surface area contributed by atoms with Crippen LogP contribution in [-0.4, -0.2) is 18.4 Å². The first-order chi connectivity index (χ1) is 14.5. The normalized spacial score (nSPS) is 11.5. The molecule has 0 aliphatic heterocycles. The van der Waals surface area contributed by atoms with Crippen LogP contribution in [0.5, 0.6) is 0 Å². The third-order valence-corrected chi connectivity index (χ3v) is 18.9. The Morgan fingerprint density at radius 2 is 0.633 bits per heavy atom. The minimum atomic E-state index is -4.95. The van der Waals surface area contributed by atoms with Crippen molar-refractivity contribution in [3.8, 4) is 0 Å². The molecule has 4 rings (SSSR count). The Hall–Kier alpha value is -2.67. The number of hydrogen-bond donors (Lipinski definition) is 0. The molecule has 0 saturated heterocycles. The maximum atomic E-state index is 15.3. The van der Waals surface area contributed by atoms with Gasteiger partial charge in [-0.15, -0.1) is 0 Å². The van der Waals surface area contributed by atoms with Crippen LogP contribution in [-0.2, 0) is 0 Å². The SMILES string of the molecule is Fc1c(F)c(F)[c]([Sn]([c]2ccccc2)([c]2ccccc2)[c]2ccccc2)c(F)c1F. The summed E-state index contributed by atoms with van der Waals surface area (Å²) in [7, 11) is 0. The molecule has 30 heavy (non-hydrogen) atoms. The summed E-state index contributed by atoms with van der Waals surface area (Å²) in [6.07, 6.45) is 0. The Bertz CT molecular complexity index is 1050. The molecular formula is C24H15F5Sn. The quantitative estimate of drug-likeness (QED) is 0.168. The fourth-order valence-corrected chi connectivity index (χ4v) is 17.7. The van der Waals surface area contributed by atoms with E-state index < -0.39 is 51.0 Å². The number of hydrogen-bond acceptors (Lipinski definition) is 0. The number of benzene rings is 4. The summed E-state index contributed by atoms with van der Waals surface area (Å²) >= 11 is -4.95. The average molecular weight is 517 g/mol. The maximum absolute atomic E-state index is 15.3. The second kappa shape index (κ2) is 8.22. The predicted molar refractivity (Wildman–Crippen MR) is 110 cm³/mol. The molecule has 0 radical (unpaired) electrons. The van der Waals surface area contributed by atoms with E-state index in [4.69, 9.17) is 0 Å². The Labute approximate surface area is 174 Å². The van der Waals surface area contributed by atoms with Gasteiger partial charge in [0.05, 0.1) is 0 Å². The summed E-state index contributed by atoms with van der Waals surface area (Å²) < 4.78 is 74.2. The molecular weight excluding hydrogens is 502 g/mol. The van der Waals surface area contributed by atoms with Crippen LogP contribution in [0.1, 0.15) is 0 Å². The third kappa shape index (κ3) is 3.12. The molecule has 4 aromatic carbocycles. The van der Waals surface area contributed by atoms with Crippen LogP contribution in [0, 0.1) is 29.1 Å². The summed E-state index contributed by atoms with van der Waals surface area (Å²) in [5, 5.41) is 0. The minimum absolute atomic E-state index is 0.576. The molecule has 0 aliphatic rings. The van der Waals surface area contributed by atoms with E-state index in [-0.39, 0.29) is 0 Å². The molecule has 150 valence electrons. The van der Waals surface area contributed by atoms with Crippen molar-refractivity contribution in [2.24, 2.45) is 0 Å². The van der Waals surface area contributed by atoms with Gasteiger partial charge < -0.3 is 0 Å². The molecule has 0 saturated carbocycles. The summed E-state index contributed by atoms with van der Waals surface area (Å²) in [5.74, 6) is -9.53. The van der Waals surface area contributed by atoms with E-state index >= 15 is 8.78 Å². The van der Waals surface area contributed by atoms with E-state index in [1.807, 2.05) is 0 Å². The molecule has 0 fully saturated rings. The molecule has 0 unspecified atom stereocenters. The molecule has 0 amide bonds. The van der Waals surface area contributed by atoms with Gasteiger partial charge in [0.1, 0.15) is 0 Å². The van der Waals surface area contributed by atoms with Crippen molar-refractivity contribution in [3.63, 3.8) is 0 Å². The van der Waals surface area contributed by atoms with E-state index in [1.165, 1.54) is 0 Å². The molecule has 0 N–H and O–H groups in total. The van der Waals surface area contributed by atoms with Crippen LogP contribution in [0.25, 0.3) is 0 Å². The van der Waals surface area contributed by atoms with Crippen LogP contribution >= 0.6 is 0 Å². The van der Waals surface area contributed by atoms with Crippen LogP contribution in [0.4, 0.5) is 22.0 Å². The van der Waals surface area contributed by atoms with E-state index in [2.05, 4.69) is 0 Å². The van der Waals surface area contributed by atoms with Gasteiger partial charge in [-0.3, -0.25) is 0 Å². The van der Waals surface area contributed by atoms with Crippen molar-refractivity contribution >= 4 is 32.7 Å². The fraction of sp³-hybridized carbons (Fsp3) is 0. The molecule has 0 heterocycles. The van der Waals surface area contributed by atoms with Gasteiger partial charge in [0.15, 0.2) is 0 Å². The summed E-state index contributed by atoms with van der Waals surface area (Å²) in [4.78, 5) is 0. The summed E-state index contributed by atoms with van der Waals surface area (Å²) in [6.45, 7) is 0. The molecule has 0 aromatic heterocycles. The Balaban J connectivity index is 2.27. The topological polar surface area (TPSA) is 0 Å². The zero-order valence-corrected chi connectivity index (χ0v) is 18.4. The molecule has 0 spiro atoms. The van der Waals surface area contributed by atoms with E-state index in [9.17, 15) is 13.2 Å². The van der Waals surface area contributed by atoms with Crippen molar-refractivity contribution in [1.29, 1.82) is 0 Å². The van der Waals surface area contributed by atoms with Crippen molar-refractivity contribution in [3.05, 3.63) is 120 Å². The number of rotatable bonds is 4. The third-order valence-electron chi connectivity index (χ3n) is 5.21. The van der Waals surface area contributed by atoms with E-state index in [0.717, 1.165) is 0 Å². The predicted octanol–water partition coefficient (Wildman–Crippen LogP) is 3.76. The first-order valence-electron chi connectivity index (χ1n) is 9.18. The molecule has 0 nitrogen and oxygen atoms in total. The van der Waals surface area contributed by atoms with Crippen LogP contribution in [0.2, 0.25) is 0 Å². The van der Waals surface area contributed by atoms with Crippen LogP contribution < -0.4 is 14.3 Å². The standard InChI is InChI=1S/C6F5.3C6H5.Sn/c7-2-1-3(8)5(10)6(11)4(2)9;3*1-2-4-6-5-3-1;/h;3*1-5H;. The molecule has 6 heteroatoms. The zero-order valence-electron chi connectivity index (χ0n) is 15.6. The average Bonchev–Trinajstić information content (AvgIpc) is 2.81. The monoisotopic (exact) mass is 518 g/mol. The fourth-order valence-electron chi connectivity index (χ4n) is 3.93. The van der Waals surface area contributed by atoms with Gasteiger partial charge in [-0.05, 0) is 0 Å². The van der Waals surface area contributed by atoms with Gasteiger partial charge in [0.25, 0.3) is 0 Å². The molecule has 0 atom stereocenters. The van der Waals surface area contributed by atoms with Crippen molar-refractivity contribution < 1.29 is 22.0 Å². The second-order valence-electron chi connectivity index (χ2n) is 6.79. The van der Waals surface area contributed by atoms with Gasteiger partial charge >= 0.3 is 175 Å². The first kappa shape index (κ1) is 20.6. The molecule has 0 bridgehead atoms. The Kier molecular flexibility index (Phi) is 5.64. The molecule has 0 aliphatic carbocycles. The van der Waals surface area contributed by atoms with Crippen LogP contribution in [0.3, 0.4) is 0 Å². The molecule has 4 aromatic rings. The van der Waals surface area contributed by atoms with Crippen molar-refractivity contribution in [2.75, 3.05) is 0 Å². The van der Waals surface area contributed by atoms with Gasteiger partial charge in [0.2, 0.25) is 0 Å². The Morgan fingerprint density at radius 1 is 0.367 bits per heavy atom. The van der Waals surface area contributed by atoms with E-state index in [0.29, 0.717) is 10.7 Å². The summed E-state index contributed by atoms with van der Waals surface area (Å²) in [6, 6.07) is 25.7.